The van der Waals surface area contributed by atoms with Crippen molar-refractivity contribution in [2.45, 2.75) is 180 Å². The highest BCUT2D eigenvalue weighted by Crippen LogP contribution is 2.50. The van der Waals surface area contributed by atoms with E-state index in [1.165, 1.54) is 5.56 Å². The standard InChI is InChI=1S/C39H71ClO4Si3/c1-37(2,3)45(10,11)42-33(30-23-19-18-20-24-30)28-27-32-31(25-21-16-17-22-26-36(40)41)34(43-46(12,13)38(4,5)6)29-35(32)44-47(14,15)39(7,8)9/h16,18-21,23-24,31-35H,17,22,25-29H2,1-15H3/b21-16-/t31-,32-,33+,34+,35-/m1/s1. The van der Waals surface area contributed by atoms with Gasteiger partial charge in [-0.15, -0.1) is 0 Å². The Hall–Kier alpha value is -0.549. The van der Waals surface area contributed by atoms with Crippen LogP contribution in [0.25, 0.3) is 0 Å². The van der Waals surface area contributed by atoms with Gasteiger partial charge in [-0.05, 0) is 122 Å². The minimum Gasteiger partial charge on any atom is -0.414 e. The summed E-state index contributed by atoms with van der Waals surface area (Å²) in [6.45, 7) is 35.3. The first-order chi connectivity index (χ1) is 21.3. The molecule has 0 aliphatic heterocycles. The normalized spacial score (nSPS) is 22.6. The van der Waals surface area contributed by atoms with Crippen molar-refractivity contribution >= 4 is 41.8 Å². The number of hydrogen-bond acceptors (Lipinski definition) is 4. The van der Waals surface area contributed by atoms with E-state index >= 15 is 0 Å². The van der Waals surface area contributed by atoms with Crippen molar-refractivity contribution in [3.8, 4) is 0 Å². The maximum atomic E-state index is 11.3. The molecule has 0 saturated heterocycles. The van der Waals surface area contributed by atoms with Gasteiger partial charge in [0, 0.05) is 6.42 Å². The number of unbranched alkanes of at least 4 members (excludes halogenated alkanes) is 1. The Morgan fingerprint density at radius 3 is 1.74 bits per heavy atom. The van der Waals surface area contributed by atoms with Crippen LogP contribution in [0.1, 0.15) is 119 Å². The van der Waals surface area contributed by atoms with Crippen molar-refractivity contribution in [2.75, 3.05) is 0 Å². The molecule has 1 aromatic carbocycles. The summed E-state index contributed by atoms with van der Waals surface area (Å²) in [4.78, 5) is 11.3. The van der Waals surface area contributed by atoms with Crippen LogP contribution in [-0.4, -0.2) is 42.4 Å². The van der Waals surface area contributed by atoms with Crippen LogP contribution in [0.3, 0.4) is 0 Å². The predicted molar refractivity (Wildman–Crippen MR) is 211 cm³/mol. The van der Waals surface area contributed by atoms with Gasteiger partial charge in [0.25, 0.3) is 0 Å². The molecule has 0 heterocycles. The van der Waals surface area contributed by atoms with Crippen molar-refractivity contribution in [3.63, 3.8) is 0 Å². The molecular weight excluding hydrogens is 652 g/mol. The van der Waals surface area contributed by atoms with Crippen LogP contribution in [0, 0.1) is 11.8 Å². The average Bonchev–Trinajstić information content (AvgIpc) is 3.20. The van der Waals surface area contributed by atoms with Crippen LogP contribution in [0.5, 0.6) is 0 Å². The molecule has 0 aromatic heterocycles. The highest BCUT2D eigenvalue weighted by Gasteiger charge is 2.51. The molecule has 8 heteroatoms. The van der Waals surface area contributed by atoms with Crippen LogP contribution in [0.15, 0.2) is 42.5 Å². The third-order valence-electron chi connectivity index (χ3n) is 12.0. The molecule has 4 nitrogen and oxygen atoms in total. The Labute approximate surface area is 298 Å². The van der Waals surface area contributed by atoms with Crippen molar-refractivity contribution in [1.82, 2.24) is 0 Å². The number of benzene rings is 1. The molecule has 0 bridgehead atoms. The number of carbonyl (C=O) groups excluding carboxylic acids is 1. The largest absolute Gasteiger partial charge is 0.414 e. The quantitative estimate of drug-likeness (QED) is 0.0737. The maximum absolute atomic E-state index is 11.3. The second kappa shape index (κ2) is 16.6. The lowest BCUT2D eigenvalue weighted by molar-refractivity contribution is -0.111. The number of hydrogen-bond donors (Lipinski definition) is 0. The molecule has 1 aromatic rings. The summed E-state index contributed by atoms with van der Waals surface area (Å²) < 4.78 is 21.9. The van der Waals surface area contributed by atoms with Gasteiger partial charge >= 0.3 is 0 Å². The van der Waals surface area contributed by atoms with E-state index in [1.807, 2.05) is 0 Å². The molecule has 0 radical (unpaired) electrons. The van der Waals surface area contributed by atoms with E-state index in [9.17, 15) is 4.79 Å². The Kier molecular flexibility index (Phi) is 15.1. The number of rotatable bonds is 16. The van der Waals surface area contributed by atoms with Gasteiger partial charge in [0.1, 0.15) is 0 Å². The van der Waals surface area contributed by atoms with Gasteiger partial charge < -0.3 is 13.3 Å². The van der Waals surface area contributed by atoms with Gasteiger partial charge in [-0.3, -0.25) is 4.79 Å². The molecule has 0 amide bonds. The molecule has 0 N–H and O–H groups in total. The van der Waals surface area contributed by atoms with Gasteiger partial charge in [-0.1, -0.05) is 105 Å². The summed E-state index contributed by atoms with van der Waals surface area (Å²) in [5.41, 5.74) is 1.27. The number of carbonyl (C=O) groups is 1. The molecule has 1 saturated carbocycles. The van der Waals surface area contributed by atoms with Crippen molar-refractivity contribution in [3.05, 3.63) is 48.0 Å². The first-order valence-corrected chi connectivity index (χ1v) is 27.3. The maximum Gasteiger partial charge on any atom is 0.221 e. The van der Waals surface area contributed by atoms with Crippen LogP contribution < -0.4 is 0 Å². The van der Waals surface area contributed by atoms with E-state index in [0.717, 1.165) is 38.5 Å². The van der Waals surface area contributed by atoms with Crippen molar-refractivity contribution in [1.29, 1.82) is 0 Å². The molecule has 1 fully saturated rings. The Morgan fingerprint density at radius 1 is 0.787 bits per heavy atom. The van der Waals surface area contributed by atoms with E-state index in [4.69, 9.17) is 24.9 Å². The molecule has 1 aliphatic rings. The Bertz CT molecular complexity index is 1150. The van der Waals surface area contributed by atoms with Gasteiger partial charge in [-0.25, -0.2) is 0 Å². The lowest BCUT2D eigenvalue weighted by Crippen LogP contribution is -2.45. The molecule has 0 spiro atoms. The van der Waals surface area contributed by atoms with Crippen molar-refractivity contribution in [2.24, 2.45) is 11.8 Å². The second-order valence-electron chi connectivity index (χ2n) is 18.7. The van der Waals surface area contributed by atoms with Gasteiger partial charge in [-0.2, -0.15) is 0 Å². The molecule has 270 valence electrons. The zero-order valence-corrected chi connectivity index (χ0v) is 36.6. The summed E-state index contributed by atoms with van der Waals surface area (Å²) in [6, 6.07) is 10.9. The summed E-state index contributed by atoms with van der Waals surface area (Å²) in [7, 11) is -6.09. The summed E-state index contributed by atoms with van der Waals surface area (Å²) >= 11 is 5.61. The van der Waals surface area contributed by atoms with Crippen LogP contribution in [0.4, 0.5) is 0 Å². The molecule has 47 heavy (non-hydrogen) atoms. The lowest BCUT2D eigenvalue weighted by Gasteiger charge is -2.41. The zero-order valence-electron chi connectivity index (χ0n) is 32.9. The summed E-state index contributed by atoms with van der Waals surface area (Å²) in [5.74, 6) is 0.719. The lowest BCUT2D eigenvalue weighted by atomic mass is 9.85. The van der Waals surface area contributed by atoms with E-state index in [2.05, 4.69) is 144 Å². The topological polar surface area (TPSA) is 44.8 Å². The third kappa shape index (κ3) is 12.3. The van der Waals surface area contributed by atoms with Crippen LogP contribution in [-0.2, 0) is 18.1 Å². The second-order valence-corrected chi connectivity index (χ2v) is 33.4. The summed E-state index contributed by atoms with van der Waals surface area (Å²) in [5, 5.41) is 0.134. The molecule has 2 rings (SSSR count). The van der Waals surface area contributed by atoms with Gasteiger partial charge in [0.15, 0.2) is 25.0 Å². The first kappa shape index (κ1) is 42.6. The molecular formula is C39H71ClO4Si3. The Morgan fingerprint density at radius 2 is 1.28 bits per heavy atom. The minimum absolute atomic E-state index is 0.0512. The van der Waals surface area contributed by atoms with Crippen molar-refractivity contribution < 1.29 is 18.1 Å². The molecule has 1 aliphatic carbocycles. The third-order valence-corrected chi connectivity index (χ3v) is 25.7. The fourth-order valence-corrected chi connectivity index (χ4v) is 10.0. The molecule has 0 unspecified atom stereocenters. The smallest absolute Gasteiger partial charge is 0.221 e. The molecule has 5 atom stereocenters. The SMILES string of the molecule is CC(C)(C)[Si](C)(C)O[C@@H](CC[C@@H]1[C@@H](C/C=C\CCCC(=O)Cl)[C@@H](O[Si](C)(C)C(C)(C)C)C[C@H]1O[Si](C)(C)C(C)(C)C)c1ccccc1. The van der Waals surface area contributed by atoms with E-state index in [0.29, 0.717) is 18.3 Å². The average molecular weight is 724 g/mol. The van der Waals surface area contributed by atoms with E-state index < -0.39 is 25.0 Å². The van der Waals surface area contributed by atoms with Crippen LogP contribution in [0.2, 0.25) is 54.4 Å². The van der Waals surface area contributed by atoms with Gasteiger partial charge in [0.05, 0.1) is 18.3 Å². The fourth-order valence-electron chi connectivity index (χ4n) is 5.81. The highest BCUT2D eigenvalue weighted by molar-refractivity contribution is 6.75. The fraction of sp³-hybridized carbons (Fsp3) is 0.769. The zero-order chi connectivity index (χ0) is 36.1. The summed E-state index contributed by atoms with van der Waals surface area (Å²) in [6.07, 6.45) is 10.9. The Balaban J connectivity index is 2.53. The number of halogens is 1. The highest BCUT2D eigenvalue weighted by atomic mass is 35.5. The minimum atomic E-state index is -2.04. The van der Waals surface area contributed by atoms with Crippen LogP contribution >= 0.6 is 11.6 Å². The van der Waals surface area contributed by atoms with Gasteiger partial charge in [0.2, 0.25) is 5.24 Å². The van der Waals surface area contributed by atoms with E-state index in [1.54, 1.807) is 0 Å². The first-order valence-electron chi connectivity index (χ1n) is 18.2. The predicted octanol–water partition coefficient (Wildman–Crippen LogP) is 12.8. The monoisotopic (exact) mass is 722 g/mol. The number of allylic oxidation sites excluding steroid dienone is 2. The van der Waals surface area contributed by atoms with E-state index in [-0.39, 0.29) is 38.7 Å².